The van der Waals surface area contributed by atoms with Crippen LogP contribution >= 0.6 is 0 Å². The molecule has 1 aromatic carbocycles. The first-order chi connectivity index (χ1) is 11.1. The van der Waals surface area contributed by atoms with Gasteiger partial charge in [-0.3, -0.25) is 9.69 Å². The van der Waals surface area contributed by atoms with Gasteiger partial charge < -0.3 is 9.88 Å². The van der Waals surface area contributed by atoms with Gasteiger partial charge in [0.2, 0.25) is 0 Å². The molecule has 0 unspecified atom stereocenters. The third-order valence-electron chi connectivity index (χ3n) is 5.32. The van der Waals surface area contributed by atoms with Crippen molar-refractivity contribution in [2.75, 3.05) is 19.6 Å². The van der Waals surface area contributed by atoms with E-state index in [1.807, 2.05) is 30.0 Å². The summed E-state index contributed by atoms with van der Waals surface area (Å²) in [5.41, 5.74) is 2.61. The lowest BCUT2D eigenvalue weighted by molar-refractivity contribution is 0.00213. The highest BCUT2D eigenvalue weighted by Crippen LogP contribution is 2.26. The quantitative estimate of drug-likeness (QED) is 0.927. The fraction of sp³-hybridized carbons (Fsp3) is 0.556. The number of imidazole rings is 1. The van der Waals surface area contributed by atoms with Gasteiger partial charge in [0.15, 0.2) is 0 Å². The van der Waals surface area contributed by atoms with E-state index in [2.05, 4.69) is 21.8 Å². The number of aromatic amines is 1. The van der Waals surface area contributed by atoms with Crippen molar-refractivity contribution >= 4 is 16.9 Å². The van der Waals surface area contributed by atoms with Crippen molar-refractivity contribution in [1.29, 1.82) is 0 Å². The minimum Gasteiger partial charge on any atom is -0.342 e. The number of nitrogens with one attached hydrogen (secondary N) is 1. The third kappa shape index (κ3) is 2.63. The van der Waals surface area contributed by atoms with E-state index in [9.17, 15) is 4.79 Å². The van der Waals surface area contributed by atoms with E-state index in [0.717, 1.165) is 35.5 Å². The summed E-state index contributed by atoms with van der Waals surface area (Å²) in [6, 6.07) is 6.95. The summed E-state index contributed by atoms with van der Waals surface area (Å²) < 4.78 is 0. The van der Waals surface area contributed by atoms with Crippen LogP contribution in [0.1, 0.15) is 42.4 Å². The van der Waals surface area contributed by atoms with E-state index < -0.39 is 0 Å². The second-order valence-electron chi connectivity index (χ2n) is 7.00. The molecule has 0 saturated carbocycles. The number of rotatable bonds is 2. The van der Waals surface area contributed by atoms with Crippen molar-refractivity contribution in [2.45, 2.75) is 45.2 Å². The van der Waals surface area contributed by atoms with Crippen LogP contribution in [0.2, 0.25) is 0 Å². The van der Waals surface area contributed by atoms with Crippen LogP contribution < -0.4 is 0 Å². The molecule has 1 atom stereocenters. The zero-order valence-corrected chi connectivity index (χ0v) is 13.9. The number of piperidine rings is 1. The molecule has 0 bridgehead atoms. The van der Waals surface area contributed by atoms with Gasteiger partial charge in [0.05, 0.1) is 11.0 Å². The number of fused-ring (bicyclic) bond motifs is 1. The van der Waals surface area contributed by atoms with Crippen LogP contribution in [0.15, 0.2) is 18.2 Å². The minimum atomic E-state index is 0.139. The Morgan fingerprint density at radius 2 is 2.13 bits per heavy atom. The number of aromatic nitrogens is 2. The molecule has 0 aliphatic carbocycles. The predicted octanol–water partition coefficient (Wildman–Crippen LogP) is 2.57. The molecule has 0 radical (unpaired) electrons. The van der Waals surface area contributed by atoms with Gasteiger partial charge in [0.25, 0.3) is 5.91 Å². The fourth-order valence-electron chi connectivity index (χ4n) is 3.95. The van der Waals surface area contributed by atoms with E-state index in [1.54, 1.807) is 0 Å². The average Bonchev–Trinajstić information content (AvgIpc) is 2.86. The van der Waals surface area contributed by atoms with Gasteiger partial charge in [-0.15, -0.1) is 0 Å². The molecule has 2 aliphatic heterocycles. The molecule has 0 spiro atoms. The van der Waals surface area contributed by atoms with Crippen molar-refractivity contribution in [2.24, 2.45) is 0 Å². The minimum absolute atomic E-state index is 0.139. The topological polar surface area (TPSA) is 52.2 Å². The number of benzene rings is 1. The van der Waals surface area contributed by atoms with Crippen molar-refractivity contribution in [3.63, 3.8) is 0 Å². The lowest BCUT2D eigenvalue weighted by Crippen LogP contribution is -2.63. The van der Waals surface area contributed by atoms with E-state index in [-0.39, 0.29) is 5.91 Å². The highest BCUT2D eigenvalue weighted by Gasteiger charge is 2.37. The number of aryl methyl sites for hydroxylation is 1. The van der Waals surface area contributed by atoms with Gasteiger partial charge in [-0.1, -0.05) is 6.42 Å². The SMILES string of the molecule is Cc1nc2ccc(C(=O)N3CC(N4CCCC[C@H]4C)C3)cc2[nH]1. The maximum atomic E-state index is 12.7. The van der Waals surface area contributed by atoms with Crippen LogP contribution in [0.3, 0.4) is 0 Å². The highest BCUT2D eigenvalue weighted by molar-refractivity contribution is 5.97. The summed E-state index contributed by atoms with van der Waals surface area (Å²) in [5, 5.41) is 0. The fourth-order valence-corrected chi connectivity index (χ4v) is 3.95. The average molecular weight is 312 g/mol. The number of H-pyrrole nitrogens is 1. The normalized spacial score (nSPS) is 23.2. The molecule has 1 amide bonds. The molecule has 5 heteroatoms. The molecule has 3 heterocycles. The second kappa shape index (κ2) is 5.64. The second-order valence-corrected chi connectivity index (χ2v) is 7.00. The Morgan fingerprint density at radius 3 is 2.91 bits per heavy atom. The molecule has 23 heavy (non-hydrogen) atoms. The molecular weight excluding hydrogens is 288 g/mol. The van der Waals surface area contributed by atoms with E-state index in [0.29, 0.717) is 12.1 Å². The summed E-state index contributed by atoms with van der Waals surface area (Å²) in [4.78, 5) is 24.8. The van der Waals surface area contributed by atoms with Gasteiger partial charge in [0.1, 0.15) is 5.82 Å². The summed E-state index contributed by atoms with van der Waals surface area (Å²) >= 11 is 0. The number of amides is 1. The number of nitrogens with zero attached hydrogens (tertiary/aromatic N) is 3. The zero-order chi connectivity index (χ0) is 16.0. The molecule has 1 aromatic heterocycles. The molecule has 2 aromatic rings. The molecule has 4 rings (SSSR count). The standard InChI is InChI=1S/C18H24N4O/c1-12-5-3-4-8-22(12)15-10-21(11-15)18(23)14-6-7-16-17(9-14)20-13(2)19-16/h6-7,9,12,15H,3-5,8,10-11H2,1-2H3,(H,19,20)/t12-/m1/s1. The van der Waals surface area contributed by atoms with Crippen LogP contribution in [0, 0.1) is 6.92 Å². The summed E-state index contributed by atoms with van der Waals surface area (Å²) in [7, 11) is 0. The first-order valence-corrected chi connectivity index (χ1v) is 8.63. The molecule has 122 valence electrons. The van der Waals surface area contributed by atoms with Crippen molar-refractivity contribution in [3.8, 4) is 0 Å². The first kappa shape index (κ1) is 14.7. The smallest absolute Gasteiger partial charge is 0.254 e. The summed E-state index contributed by atoms with van der Waals surface area (Å²) in [6.45, 7) is 7.17. The third-order valence-corrected chi connectivity index (χ3v) is 5.32. The molecule has 2 fully saturated rings. The number of carbonyl (C=O) groups excluding carboxylic acids is 1. The number of carbonyl (C=O) groups is 1. The number of likely N-dealkylation sites (tertiary alicyclic amines) is 2. The Kier molecular flexibility index (Phi) is 3.60. The maximum Gasteiger partial charge on any atom is 0.254 e. The van der Waals surface area contributed by atoms with Gasteiger partial charge in [0, 0.05) is 30.7 Å². The van der Waals surface area contributed by atoms with Gasteiger partial charge >= 0.3 is 0 Å². The maximum absolute atomic E-state index is 12.7. The Morgan fingerprint density at radius 1 is 1.30 bits per heavy atom. The van der Waals surface area contributed by atoms with Crippen molar-refractivity contribution in [3.05, 3.63) is 29.6 Å². The van der Waals surface area contributed by atoms with Crippen LogP contribution in [0.4, 0.5) is 0 Å². The van der Waals surface area contributed by atoms with Gasteiger partial charge in [-0.25, -0.2) is 4.98 Å². The number of hydrogen-bond acceptors (Lipinski definition) is 3. The Balaban J connectivity index is 1.43. The summed E-state index contributed by atoms with van der Waals surface area (Å²) in [6.07, 6.45) is 3.93. The number of hydrogen-bond donors (Lipinski definition) is 1. The van der Waals surface area contributed by atoms with Crippen molar-refractivity contribution < 1.29 is 4.79 Å². The van der Waals surface area contributed by atoms with Crippen LogP contribution in [-0.4, -0.2) is 57.4 Å². The van der Waals surface area contributed by atoms with E-state index in [1.165, 1.54) is 25.8 Å². The monoisotopic (exact) mass is 312 g/mol. The van der Waals surface area contributed by atoms with Crippen molar-refractivity contribution in [1.82, 2.24) is 19.8 Å². The largest absolute Gasteiger partial charge is 0.342 e. The molecule has 1 N–H and O–H groups in total. The van der Waals surface area contributed by atoms with Crippen LogP contribution in [-0.2, 0) is 0 Å². The van der Waals surface area contributed by atoms with E-state index in [4.69, 9.17) is 0 Å². The lowest BCUT2D eigenvalue weighted by atomic mass is 9.97. The molecular formula is C18H24N4O. The Bertz CT molecular complexity index is 732. The van der Waals surface area contributed by atoms with Crippen LogP contribution in [0.5, 0.6) is 0 Å². The molecule has 5 nitrogen and oxygen atoms in total. The summed E-state index contributed by atoms with van der Waals surface area (Å²) in [5.74, 6) is 1.02. The van der Waals surface area contributed by atoms with Gasteiger partial charge in [-0.05, 0) is 51.4 Å². The molecule has 2 aliphatic rings. The highest BCUT2D eigenvalue weighted by atomic mass is 16.2. The van der Waals surface area contributed by atoms with Gasteiger partial charge in [-0.2, -0.15) is 0 Å². The Hall–Kier alpha value is -1.88. The predicted molar refractivity (Wildman–Crippen MR) is 90.5 cm³/mol. The first-order valence-electron chi connectivity index (χ1n) is 8.63. The van der Waals surface area contributed by atoms with Crippen LogP contribution in [0.25, 0.3) is 11.0 Å². The zero-order valence-electron chi connectivity index (χ0n) is 13.9. The van der Waals surface area contributed by atoms with E-state index >= 15 is 0 Å². The lowest BCUT2D eigenvalue weighted by Gasteiger charge is -2.49. The Labute approximate surface area is 136 Å². The molecule has 2 saturated heterocycles.